The summed E-state index contributed by atoms with van der Waals surface area (Å²) in [7, 11) is 0. The van der Waals surface area contributed by atoms with Gasteiger partial charge in [-0.05, 0) is 48.0 Å². The Balaban J connectivity index is 2.04. The first-order chi connectivity index (χ1) is 7.60. The summed E-state index contributed by atoms with van der Waals surface area (Å²) in [6, 6.07) is 3.64. The fourth-order valence-corrected chi connectivity index (χ4v) is 1.98. The minimum atomic E-state index is -0.299. The van der Waals surface area contributed by atoms with E-state index in [-0.39, 0.29) is 11.3 Å². The fourth-order valence-electron chi connectivity index (χ4n) is 1.74. The van der Waals surface area contributed by atoms with Crippen LogP contribution in [0, 0.1) is 5.41 Å². The van der Waals surface area contributed by atoms with Crippen molar-refractivity contribution in [3.05, 3.63) is 22.9 Å². The number of nitrogens with one attached hydrogen (secondary N) is 2. The van der Waals surface area contributed by atoms with Gasteiger partial charge in [0, 0.05) is 6.54 Å². The van der Waals surface area contributed by atoms with Crippen molar-refractivity contribution in [3.63, 3.8) is 0 Å². The van der Waals surface area contributed by atoms with Crippen molar-refractivity contribution < 1.29 is 4.79 Å². The van der Waals surface area contributed by atoms with E-state index in [1.165, 1.54) is 0 Å². The van der Waals surface area contributed by atoms with Crippen molar-refractivity contribution in [1.29, 1.82) is 0 Å². The predicted octanol–water partition coefficient (Wildman–Crippen LogP) is 1.78. The Morgan fingerprint density at radius 3 is 3.00 bits per heavy atom. The van der Waals surface area contributed by atoms with Crippen LogP contribution >= 0.6 is 15.9 Å². The number of aromatic nitrogens is 1. The fraction of sp³-hybridized carbons (Fsp3) is 0.455. The molecule has 1 amide bonds. The number of hydrogen-bond acceptors (Lipinski definition) is 3. The standard InChI is InChI=1S/C11H14BrN3O/c1-11(4-5-13-7-11)10(16)15-8-2-3-9(12)14-6-8/h2-3,6,13H,4-5,7H2,1H3,(H,15,16). The number of pyridine rings is 1. The van der Waals surface area contributed by atoms with Crippen LogP contribution in [0.4, 0.5) is 5.69 Å². The van der Waals surface area contributed by atoms with Crippen LogP contribution in [0.15, 0.2) is 22.9 Å². The van der Waals surface area contributed by atoms with Gasteiger partial charge >= 0.3 is 0 Å². The van der Waals surface area contributed by atoms with E-state index in [1.54, 1.807) is 6.20 Å². The number of amides is 1. The molecule has 2 rings (SSSR count). The van der Waals surface area contributed by atoms with Crippen molar-refractivity contribution in [3.8, 4) is 0 Å². The van der Waals surface area contributed by atoms with Gasteiger partial charge < -0.3 is 10.6 Å². The third kappa shape index (κ3) is 2.41. The van der Waals surface area contributed by atoms with E-state index >= 15 is 0 Å². The van der Waals surface area contributed by atoms with Crippen molar-refractivity contribution in [2.75, 3.05) is 18.4 Å². The van der Waals surface area contributed by atoms with Gasteiger partial charge in [0.1, 0.15) is 4.60 Å². The summed E-state index contributed by atoms with van der Waals surface area (Å²) in [5.41, 5.74) is 0.439. The zero-order valence-electron chi connectivity index (χ0n) is 9.09. The first-order valence-corrected chi connectivity index (χ1v) is 6.03. The summed E-state index contributed by atoms with van der Waals surface area (Å²) >= 11 is 3.25. The summed E-state index contributed by atoms with van der Waals surface area (Å²) in [4.78, 5) is 16.1. The van der Waals surface area contributed by atoms with Crippen LogP contribution in [-0.2, 0) is 4.79 Å². The zero-order chi connectivity index (χ0) is 11.6. The Bertz CT molecular complexity index is 385. The van der Waals surface area contributed by atoms with Crippen LogP contribution in [0.2, 0.25) is 0 Å². The molecule has 1 fully saturated rings. The molecule has 0 aromatic carbocycles. The molecule has 1 aliphatic rings. The molecule has 86 valence electrons. The number of carbonyl (C=O) groups excluding carboxylic acids is 1. The van der Waals surface area contributed by atoms with E-state index in [0.717, 1.165) is 29.8 Å². The molecule has 4 nitrogen and oxygen atoms in total. The van der Waals surface area contributed by atoms with Gasteiger partial charge in [-0.2, -0.15) is 0 Å². The third-order valence-corrected chi connectivity index (χ3v) is 3.37. The highest BCUT2D eigenvalue weighted by atomic mass is 79.9. The molecule has 0 spiro atoms. The molecule has 0 aliphatic carbocycles. The second kappa shape index (κ2) is 4.51. The van der Waals surface area contributed by atoms with Gasteiger partial charge in [-0.25, -0.2) is 4.98 Å². The molecule has 1 unspecified atom stereocenters. The predicted molar refractivity (Wildman–Crippen MR) is 66.2 cm³/mol. The first kappa shape index (κ1) is 11.5. The average Bonchev–Trinajstić information content (AvgIpc) is 2.70. The second-order valence-electron chi connectivity index (χ2n) is 4.31. The van der Waals surface area contributed by atoms with Crippen LogP contribution in [0.5, 0.6) is 0 Å². The number of nitrogens with zero attached hydrogens (tertiary/aromatic N) is 1. The molecular weight excluding hydrogens is 270 g/mol. The molecule has 1 aliphatic heterocycles. The van der Waals surface area contributed by atoms with Crippen molar-refractivity contribution in [2.45, 2.75) is 13.3 Å². The Morgan fingerprint density at radius 2 is 2.44 bits per heavy atom. The van der Waals surface area contributed by atoms with Gasteiger partial charge in [-0.1, -0.05) is 0 Å². The maximum atomic E-state index is 12.0. The van der Waals surface area contributed by atoms with Gasteiger partial charge in [0.25, 0.3) is 0 Å². The topological polar surface area (TPSA) is 54.0 Å². The molecule has 0 saturated carbocycles. The van der Waals surface area contributed by atoms with E-state index in [2.05, 4.69) is 31.5 Å². The van der Waals surface area contributed by atoms with Gasteiger partial charge in [-0.3, -0.25) is 4.79 Å². The molecule has 2 heterocycles. The largest absolute Gasteiger partial charge is 0.324 e. The monoisotopic (exact) mass is 283 g/mol. The van der Waals surface area contributed by atoms with Crippen LogP contribution in [0.25, 0.3) is 0 Å². The molecular formula is C11H14BrN3O. The molecule has 1 atom stereocenters. The highest BCUT2D eigenvalue weighted by molar-refractivity contribution is 9.10. The van der Waals surface area contributed by atoms with Gasteiger partial charge in [0.15, 0.2) is 0 Å². The minimum absolute atomic E-state index is 0.0571. The highest BCUT2D eigenvalue weighted by Crippen LogP contribution is 2.26. The SMILES string of the molecule is CC1(C(=O)Nc2ccc(Br)nc2)CCNC1. The molecule has 1 aromatic rings. The highest BCUT2D eigenvalue weighted by Gasteiger charge is 2.36. The summed E-state index contributed by atoms with van der Waals surface area (Å²) in [5, 5.41) is 6.09. The Hall–Kier alpha value is -0.940. The molecule has 1 saturated heterocycles. The quantitative estimate of drug-likeness (QED) is 0.814. The number of anilines is 1. The van der Waals surface area contributed by atoms with Gasteiger partial charge in [0.2, 0.25) is 5.91 Å². The molecule has 0 bridgehead atoms. The van der Waals surface area contributed by atoms with E-state index < -0.39 is 0 Å². The van der Waals surface area contributed by atoms with Gasteiger partial charge in [0.05, 0.1) is 17.3 Å². The van der Waals surface area contributed by atoms with Gasteiger partial charge in [-0.15, -0.1) is 0 Å². The van der Waals surface area contributed by atoms with Crippen molar-refractivity contribution >= 4 is 27.5 Å². The van der Waals surface area contributed by atoms with Crippen LogP contribution in [0.3, 0.4) is 0 Å². The van der Waals surface area contributed by atoms with Crippen molar-refractivity contribution in [2.24, 2.45) is 5.41 Å². The Morgan fingerprint density at radius 1 is 1.62 bits per heavy atom. The number of hydrogen-bond donors (Lipinski definition) is 2. The molecule has 2 N–H and O–H groups in total. The van der Waals surface area contributed by atoms with Crippen LogP contribution in [0.1, 0.15) is 13.3 Å². The van der Waals surface area contributed by atoms with Crippen LogP contribution in [-0.4, -0.2) is 24.0 Å². The molecule has 1 aromatic heterocycles. The van der Waals surface area contributed by atoms with E-state index in [9.17, 15) is 4.79 Å². The second-order valence-corrected chi connectivity index (χ2v) is 5.12. The summed E-state index contributed by atoms with van der Waals surface area (Å²) < 4.78 is 0.763. The summed E-state index contributed by atoms with van der Waals surface area (Å²) in [6.45, 7) is 3.62. The lowest BCUT2D eigenvalue weighted by atomic mass is 9.89. The normalized spacial score (nSPS) is 24.4. The molecule has 16 heavy (non-hydrogen) atoms. The Kier molecular flexibility index (Phi) is 3.25. The zero-order valence-corrected chi connectivity index (χ0v) is 10.7. The minimum Gasteiger partial charge on any atom is -0.324 e. The number of rotatable bonds is 2. The first-order valence-electron chi connectivity index (χ1n) is 5.24. The number of carbonyl (C=O) groups is 1. The maximum absolute atomic E-state index is 12.0. The lowest BCUT2D eigenvalue weighted by molar-refractivity contribution is -0.123. The maximum Gasteiger partial charge on any atom is 0.231 e. The number of halogens is 1. The van der Waals surface area contributed by atoms with Crippen LogP contribution < -0.4 is 10.6 Å². The Labute approximate surface area is 103 Å². The summed E-state index contributed by atoms with van der Waals surface area (Å²) in [5.74, 6) is 0.0571. The van der Waals surface area contributed by atoms with E-state index in [4.69, 9.17) is 0 Å². The summed E-state index contributed by atoms with van der Waals surface area (Å²) in [6.07, 6.45) is 2.52. The van der Waals surface area contributed by atoms with E-state index in [1.807, 2.05) is 19.1 Å². The lowest BCUT2D eigenvalue weighted by Gasteiger charge is -2.21. The van der Waals surface area contributed by atoms with Crippen molar-refractivity contribution in [1.82, 2.24) is 10.3 Å². The lowest BCUT2D eigenvalue weighted by Crippen LogP contribution is -2.35. The molecule has 5 heteroatoms. The van der Waals surface area contributed by atoms with E-state index in [0.29, 0.717) is 0 Å². The molecule has 0 radical (unpaired) electrons. The third-order valence-electron chi connectivity index (χ3n) is 2.90. The average molecular weight is 284 g/mol. The smallest absolute Gasteiger partial charge is 0.231 e.